The first-order valence-electron chi connectivity index (χ1n) is 33.5. The molecule has 0 amide bonds. The van der Waals surface area contributed by atoms with Gasteiger partial charge in [0.2, 0.25) is 0 Å². The van der Waals surface area contributed by atoms with E-state index in [1.807, 2.05) is 0 Å². The third-order valence-corrected chi connectivity index (χ3v) is 15.6. The van der Waals surface area contributed by atoms with Crippen molar-refractivity contribution >= 4 is 17.9 Å². The molecule has 0 aromatic heterocycles. The van der Waals surface area contributed by atoms with Gasteiger partial charge in [0, 0.05) is 19.3 Å². The van der Waals surface area contributed by atoms with Crippen LogP contribution in [0, 0.1) is 0 Å². The van der Waals surface area contributed by atoms with Gasteiger partial charge in [-0.3, -0.25) is 14.4 Å². The minimum absolute atomic E-state index is 0.0614. The number of hydrogen-bond donors (Lipinski definition) is 0. The maximum atomic E-state index is 12.9. The molecule has 0 heterocycles. The summed E-state index contributed by atoms with van der Waals surface area (Å²) >= 11 is 0. The largest absolute Gasteiger partial charge is 0.462 e. The van der Waals surface area contributed by atoms with E-state index >= 15 is 0 Å². The summed E-state index contributed by atoms with van der Waals surface area (Å²) in [6.07, 6.45) is 73.0. The summed E-state index contributed by atoms with van der Waals surface area (Å²) in [4.78, 5) is 38.1. The average molecular weight is 1030 g/mol. The van der Waals surface area contributed by atoms with Crippen molar-refractivity contribution in [3.8, 4) is 0 Å². The zero-order valence-corrected chi connectivity index (χ0v) is 50.0. The van der Waals surface area contributed by atoms with Gasteiger partial charge in [-0.15, -0.1) is 0 Å². The van der Waals surface area contributed by atoms with E-state index in [9.17, 15) is 14.4 Å². The van der Waals surface area contributed by atoms with Crippen molar-refractivity contribution in [3.63, 3.8) is 0 Å². The van der Waals surface area contributed by atoms with Crippen LogP contribution in [0.4, 0.5) is 0 Å². The van der Waals surface area contributed by atoms with E-state index < -0.39 is 6.10 Å². The Morgan fingerprint density at radius 1 is 0.219 bits per heavy atom. The molecule has 0 saturated carbocycles. The Labute approximate surface area is 457 Å². The molecule has 0 bridgehead atoms. The lowest BCUT2D eigenvalue weighted by Crippen LogP contribution is -2.30. The maximum Gasteiger partial charge on any atom is 0.306 e. The van der Waals surface area contributed by atoms with Crippen LogP contribution in [-0.2, 0) is 28.6 Å². The van der Waals surface area contributed by atoms with Crippen LogP contribution in [-0.4, -0.2) is 37.2 Å². The number of carbonyl (C=O) groups excluding carboxylic acids is 3. The summed E-state index contributed by atoms with van der Waals surface area (Å²) in [5.41, 5.74) is 0. The van der Waals surface area contributed by atoms with Crippen LogP contribution in [0.1, 0.15) is 393 Å². The van der Waals surface area contributed by atoms with Crippen molar-refractivity contribution in [2.45, 2.75) is 399 Å². The van der Waals surface area contributed by atoms with Crippen LogP contribution in [0.3, 0.4) is 0 Å². The van der Waals surface area contributed by atoms with Crippen molar-refractivity contribution in [1.82, 2.24) is 0 Å². The number of carbonyl (C=O) groups is 3. The summed E-state index contributed by atoms with van der Waals surface area (Å²) in [6, 6.07) is 0. The Morgan fingerprint density at radius 3 is 0.548 bits per heavy atom. The minimum Gasteiger partial charge on any atom is -0.462 e. The molecule has 0 aliphatic rings. The van der Waals surface area contributed by atoms with Gasteiger partial charge < -0.3 is 14.2 Å². The third kappa shape index (κ3) is 61.1. The van der Waals surface area contributed by atoms with Gasteiger partial charge in [-0.1, -0.05) is 355 Å². The maximum absolute atomic E-state index is 12.9. The topological polar surface area (TPSA) is 78.9 Å². The van der Waals surface area contributed by atoms with Crippen molar-refractivity contribution in [1.29, 1.82) is 0 Å². The summed E-state index contributed by atoms with van der Waals surface area (Å²) in [5, 5.41) is 0. The van der Waals surface area contributed by atoms with Gasteiger partial charge in [0.25, 0.3) is 0 Å². The zero-order chi connectivity index (χ0) is 52.9. The van der Waals surface area contributed by atoms with Gasteiger partial charge in [0.15, 0.2) is 6.10 Å². The fourth-order valence-corrected chi connectivity index (χ4v) is 10.6. The van der Waals surface area contributed by atoms with Crippen LogP contribution < -0.4 is 0 Å². The smallest absolute Gasteiger partial charge is 0.306 e. The van der Waals surface area contributed by atoms with Crippen molar-refractivity contribution < 1.29 is 28.6 Å². The Bertz CT molecular complexity index is 1090. The molecule has 73 heavy (non-hydrogen) atoms. The number of ether oxygens (including phenoxy) is 3. The summed E-state index contributed by atoms with van der Waals surface area (Å²) in [7, 11) is 0. The summed E-state index contributed by atoms with van der Waals surface area (Å²) < 4.78 is 16.9. The molecule has 0 rings (SSSR count). The fourth-order valence-electron chi connectivity index (χ4n) is 10.6. The molecule has 0 saturated heterocycles. The van der Waals surface area contributed by atoms with E-state index in [4.69, 9.17) is 14.2 Å². The molecule has 1 atom stereocenters. The van der Waals surface area contributed by atoms with Gasteiger partial charge in [-0.2, -0.15) is 0 Å². The van der Waals surface area contributed by atoms with Crippen LogP contribution in [0.2, 0.25) is 0 Å². The second-order valence-corrected chi connectivity index (χ2v) is 23.1. The molecule has 0 aliphatic heterocycles. The Kier molecular flexibility index (Phi) is 61.6. The SMILES string of the molecule is CCCCCCCCCCCCCCCCCCCCCCCCCCCCC(=O)OCC(COC(=O)CCCCCCCCC)OC(=O)CCCCCCCCCCCCCCCCCCCCCCCC. The van der Waals surface area contributed by atoms with Gasteiger partial charge in [0.1, 0.15) is 13.2 Å². The van der Waals surface area contributed by atoms with Gasteiger partial charge in [-0.05, 0) is 19.3 Å². The summed E-state index contributed by atoms with van der Waals surface area (Å²) in [5.74, 6) is -0.835. The van der Waals surface area contributed by atoms with Crippen molar-refractivity contribution in [2.75, 3.05) is 13.2 Å². The molecule has 0 N–H and O–H groups in total. The van der Waals surface area contributed by atoms with Crippen LogP contribution in [0.15, 0.2) is 0 Å². The normalized spacial score (nSPS) is 11.9. The molecule has 0 aromatic carbocycles. The second kappa shape index (κ2) is 62.9. The minimum atomic E-state index is -0.761. The number of unbranched alkanes of at least 4 members (excludes halogenated alkanes) is 52. The molecule has 0 aliphatic carbocycles. The van der Waals surface area contributed by atoms with Gasteiger partial charge in [-0.25, -0.2) is 0 Å². The fraction of sp³-hybridized carbons (Fsp3) is 0.955. The first-order valence-corrected chi connectivity index (χ1v) is 33.5. The first-order chi connectivity index (χ1) is 36.0. The van der Waals surface area contributed by atoms with E-state index in [-0.39, 0.29) is 31.1 Å². The lowest BCUT2D eigenvalue weighted by Gasteiger charge is -2.18. The highest BCUT2D eigenvalue weighted by molar-refractivity contribution is 5.71. The number of esters is 3. The molecule has 434 valence electrons. The molecular formula is C67H130O6. The molecule has 1 unspecified atom stereocenters. The third-order valence-electron chi connectivity index (χ3n) is 15.6. The monoisotopic (exact) mass is 1030 g/mol. The van der Waals surface area contributed by atoms with Gasteiger partial charge in [0.05, 0.1) is 0 Å². The molecule has 0 fully saturated rings. The lowest BCUT2D eigenvalue weighted by molar-refractivity contribution is -0.167. The van der Waals surface area contributed by atoms with Crippen LogP contribution in [0.5, 0.6) is 0 Å². The van der Waals surface area contributed by atoms with E-state index in [0.29, 0.717) is 19.3 Å². The van der Waals surface area contributed by atoms with E-state index in [1.165, 1.54) is 295 Å². The number of rotatable bonds is 63. The Balaban J connectivity index is 4.02. The van der Waals surface area contributed by atoms with Crippen molar-refractivity contribution in [3.05, 3.63) is 0 Å². The molecule has 6 heteroatoms. The highest BCUT2D eigenvalue weighted by atomic mass is 16.6. The van der Waals surface area contributed by atoms with Crippen LogP contribution in [0.25, 0.3) is 0 Å². The molecular weight excluding hydrogens is 901 g/mol. The standard InChI is InChI=1S/C67H130O6/c1-4-7-10-13-16-18-20-22-24-26-28-30-32-33-34-35-37-38-40-42-44-46-48-51-54-57-60-66(69)72-63-64(62-71-65(68)59-56-53-50-15-12-9-6-3)73-67(70)61-58-55-52-49-47-45-43-41-39-36-31-29-27-25-23-21-19-17-14-11-8-5-2/h64H,4-63H2,1-3H3. The molecule has 0 radical (unpaired) electrons. The predicted octanol–water partition coefficient (Wildman–Crippen LogP) is 22.7. The highest BCUT2D eigenvalue weighted by Gasteiger charge is 2.19. The lowest BCUT2D eigenvalue weighted by atomic mass is 10.0. The average Bonchev–Trinajstić information content (AvgIpc) is 3.39. The van der Waals surface area contributed by atoms with Crippen molar-refractivity contribution in [2.24, 2.45) is 0 Å². The van der Waals surface area contributed by atoms with E-state index in [1.54, 1.807) is 0 Å². The van der Waals surface area contributed by atoms with E-state index in [2.05, 4.69) is 20.8 Å². The predicted molar refractivity (Wildman–Crippen MR) is 317 cm³/mol. The Morgan fingerprint density at radius 2 is 0.370 bits per heavy atom. The molecule has 6 nitrogen and oxygen atoms in total. The first kappa shape index (κ1) is 71.4. The molecule has 0 aromatic rings. The molecule has 0 spiro atoms. The second-order valence-electron chi connectivity index (χ2n) is 23.1. The van der Waals surface area contributed by atoms with E-state index in [0.717, 1.165) is 57.8 Å². The number of hydrogen-bond acceptors (Lipinski definition) is 6. The highest BCUT2D eigenvalue weighted by Crippen LogP contribution is 2.19. The van der Waals surface area contributed by atoms with Gasteiger partial charge >= 0.3 is 17.9 Å². The Hall–Kier alpha value is -1.59. The van der Waals surface area contributed by atoms with Crippen LogP contribution >= 0.6 is 0 Å². The quantitative estimate of drug-likeness (QED) is 0.0343. The zero-order valence-electron chi connectivity index (χ0n) is 50.0. The summed E-state index contributed by atoms with van der Waals surface area (Å²) in [6.45, 7) is 6.69.